The Balaban J connectivity index is 0.000000755. The van der Waals surface area contributed by atoms with Crippen LogP contribution < -0.4 is 79.5 Å². The number of fused-ring (bicyclic) bond motifs is 3. The van der Waals surface area contributed by atoms with Crippen LogP contribution in [0.3, 0.4) is 0 Å². The molecule has 1 atom stereocenters. The minimum Gasteiger partial charge on any atom is -0.358 e. The van der Waals surface area contributed by atoms with Gasteiger partial charge in [-0.2, -0.15) is 0 Å². The van der Waals surface area contributed by atoms with Gasteiger partial charge in [-0.15, -0.1) is 0 Å². The fourth-order valence-electron chi connectivity index (χ4n) is 2.44. The molecule has 128 valence electrons. The third-order valence-corrected chi connectivity index (χ3v) is 4.72. The van der Waals surface area contributed by atoms with Gasteiger partial charge in [0.2, 0.25) is 5.91 Å². The number of nitrogens with zero attached hydrogens (tertiary/aromatic N) is 1. The van der Waals surface area contributed by atoms with Crippen molar-refractivity contribution in [2.45, 2.75) is 26.3 Å². The summed E-state index contributed by atoms with van der Waals surface area (Å²) in [6, 6.07) is 8.29. The van der Waals surface area contributed by atoms with Crippen LogP contribution in [0.4, 0.5) is 9.52 Å². The molecule has 7 heteroatoms. The molecule has 2 N–H and O–H groups in total. The van der Waals surface area contributed by atoms with Gasteiger partial charge >= 0.3 is 68.9 Å². The molecule has 1 amide bonds. The van der Waals surface area contributed by atoms with E-state index in [2.05, 4.69) is 15.6 Å². The van der Waals surface area contributed by atoms with Crippen LogP contribution in [-0.4, -0.2) is 23.5 Å². The third kappa shape index (κ3) is 5.04. The number of nitrogens with one attached hydrogen (secondary N) is 2. The Bertz CT molecular complexity index is 864. The van der Waals surface area contributed by atoms with Crippen LogP contribution in [0.1, 0.15) is 20.3 Å². The number of anilines is 1. The summed E-state index contributed by atoms with van der Waals surface area (Å²) in [7, 11) is 0. The number of amides is 1. The molecule has 1 aliphatic rings. The molecule has 2 aromatic carbocycles. The van der Waals surface area contributed by atoms with Crippen molar-refractivity contribution >= 4 is 43.4 Å². The van der Waals surface area contributed by atoms with Crippen LogP contribution >= 0.6 is 11.3 Å². The van der Waals surface area contributed by atoms with Crippen molar-refractivity contribution in [3.05, 3.63) is 43.6 Å². The number of hydrogen-bond donors (Lipinski definition) is 2. The molecule has 25 heavy (non-hydrogen) atoms. The summed E-state index contributed by atoms with van der Waals surface area (Å²) < 4.78 is 14.2. The molecule has 0 spiro atoms. The first kappa shape index (κ1) is 23.0. The Hall–Kier alpha value is 0.00195. The third-order valence-electron chi connectivity index (χ3n) is 3.70. The number of halogens is 1. The van der Waals surface area contributed by atoms with E-state index in [-0.39, 0.29) is 94.1 Å². The summed E-state index contributed by atoms with van der Waals surface area (Å²) in [6.45, 7) is 4.88. The topological polar surface area (TPSA) is 54.0 Å². The van der Waals surface area contributed by atoms with Gasteiger partial charge in [0, 0.05) is 5.39 Å². The summed E-state index contributed by atoms with van der Waals surface area (Å²) in [5.74, 6) is -0.299. The summed E-state index contributed by atoms with van der Waals surface area (Å²) in [6.07, 6.45) is 0.860. The smallest absolute Gasteiger partial charge is 0.358 e. The Labute approximate surface area is 210 Å². The molecule has 1 saturated heterocycles. The van der Waals surface area contributed by atoms with Gasteiger partial charge in [-0.1, -0.05) is 31.3 Å². The average molecular weight is 479 g/mol. The summed E-state index contributed by atoms with van der Waals surface area (Å²) in [4.78, 5) is 16.4. The van der Waals surface area contributed by atoms with Crippen molar-refractivity contribution < 1.29 is 78.1 Å². The van der Waals surface area contributed by atoms with E-state index in [0.29, 0.717) is 5.13 Å². The Morgan fingerprint density at radius 2 is 2.04 bits per heavy atom. The maximum Gasteiger partial charge on any atom is 1.00 e. The van der Waals surface area contributed by atoms with E-state index in [1.165, 1.54) is 23.5 Å². The molecule has 2 heterocycles. The number of thiazole rings is 1. The van der Waals surface area contributed by atoms with Gasteiger partial charge in [0.15, 0.2) is 5.13 Å². The SMILES string of the molecule is CC.O=C(Nc1nc2ccc3cc(F)ccc3c2s1)C1CCN1.[CH3-].[Cs+]. The van der Waals surface area contributed by atoms with Gasteiger partial charge in [0.05, 0.1) is 16.3 Å². The van der Waals surface area contributed by atoms with E-state index in [4.69, 9.17) is 0 Å². The van der Waals surface area contributed by atoms with Crippen LogP contribution in [0.25, 0.3) is 21.0 Å². The molecule has 4 nitrogen and oxygen atoms in total. The van der Waals surface area contributed by atoms with Crippen molar-refractivity contribution in [2.75, 3.05) is 11.9 Å². The molecular weight excluding hydrogens is 458 g/mol. The number of benzene rings is 2. The largest absolute Gasteiger partial charge is 1.00 e. The molecule has 0 radical (unpaired) electrons. The fraction of sp³-hybridized carbons (Fsp3) is 0.278. The average Bonchev–Trinajstić information content (AvgIpc) is 2.89. The van der Waals surface area contributed by atoms with E-state index in [0.717, 1.165) is 34.0 Å². The van der Waals surface area contributed by atoms with Crippen molar-refractivity contribution in [3.8, 4) is 0 Å². The van der Waals surface area contributed by atoms with Crippen LogP contribution in [0.15, 0.2) is 30.3 Å². The van der Waals surface area contributed by atoms with Gasteiger partial charge in [0.25, 0.3) is 0 Å². The van der Waals surface area contributed by atoms with Crippen LogP contribution in [0.2, 0.25) is 0 Å². The van der Waals surface area contributed by atoms with E-state index in [1.54, 1.807) is 6.07 Å². The zero-order chi connectivity index (χ0) is 16.4. The monoisotopic (exact) mass is 479 g/mol. The number of hydrogen-bond acceptors (Lipinski definition) is 4. The van der Waals surface area contributed by atoms with E-state index >= 15 is 0 Å². The van der Waals surface area contributed by atoms with E-state index < -0.39 is 0 Å². The minimum atomic E-state index is -0.254. The second-order valence-corrected chi connectivity index (χ2v) is 6.08. The van der Waals surface area contributed by atoms with Crippen LogP contribution in [0, 0.1) is 13.2 Å². The Morgan fingerprint density at radius 1 is 1.32 bits per heavy atom. The first-order chi connectivity index (χ1) is 11.2. The molecule has 1 aliphatic heterocycles. The molecule has 3 aromatic rings. The molecule has 1 aromatic heterocycles. The number of rotatable bonds is 2. The minimum absolute atomic E-state index is 0. The maximum atomic E-state index is 13.3. The number of carbonyl (C=O) groups excluding carboxylic acids is 1. The first-order valence-corrected chi connectivity index (χ1v) is 8.55. The second-order valence-electron chi connectivity index (χ2n) is 5.08. The quantitative estimate of drug-likeness (QED) is 0.547. The van der Waals surface area contributed by atoms with Crippen LogP contribution in [-0.2, 0) is 4.79 Å². The van der Waals surface area contributed by atoms with E-state index in [1.807, 2.05) is 26.0 Å². The summed E-state index contributed by atoms with van der Waals surface area (Å²) in [5, 5.41) is 8.27. The summed E-state index contributed by atoms with van der Waals surface area (Å²) >= 11 is 1.42. The molecule has 0 bridgehead atoms. The van der Waals surface area contributed by atoms with Gasteiger partial charge in [-0.3, -0.25) is 4.79 Å². The molecule has 0 aliphatic carbocycles. The van der Waals surface area contributed by atoms with Crippen molar-refractivity contribution in [3.63, 3.8) is 0 Å². The zero-order valence-electron chi connectivity index (χ0n) is 15.0. The first-order valence-electron chi connectivity index (χ1n) is 7.74. The Kier molecular flexibility index (Phi) is 9.55. The second kappa shape index (κ2) is 10.4. The van der Waals surface area contributed by atoms with Gasteiger partial charge < -0.3 is 18.1 Å². The molecule has 1 fully saturated rings. The van der Waals surface area contributed by atoms with Crippen molar-refractivity contribution in [2.24, 2.45) is 0 Å². The van der Waals surface area contributed by atoms with E-state index in [9.17, 15) is 9.18 Å². The molecular formula is C18H21CsFN3OS. The number of aromatic nitrogens is 1. The normalized spacial score (nSPS) is 15.2. The van der Waals surface area contributed by atoms with Crippen LogP contribution in [0.5, 0.6) is 0 Å². The zero-order valence-corrected chi connectivity index (χ0v) is 22.1. The van der Waals surface area contributed by atoms with Crippen molar-refractivity contribution in [1.82, 2.24) is 10.3 Å². The van der Waals surface area contributed by atoms with Gasteiger partial charge in [-0.25, -0.2) is 9.37 Å². The predicted molar refractivity (Wildman–Crippen MR) is 99.9 cm³/mol. The Morgan fingerprint density at radius 3 is 2.68 bits per heavy atom. The summed E-state index contributed by atoms with van der Waals surface area (Å²) in [5.41, 5.74) is 0.816. The molecule has 0 saturated carbocycles. The fourth-order valence-corrected chi connectivity index (χ4v) is 3.45. The van der Waals surface area contributed by atoms with Gasteiger partial charge in [0.1, 0.15) is 5.82 Å². The predicted octanol–water partition coefficient (Wildman–Crippen LogP) is 1.37. The molecule has 1 unspecified atom stereocenters. The number of carbonyl (C=O) groups is 1. The maximum absolute atomic E-state index is 13.3. The standard InChI is InChI=1S/C15H12FN3OS.C2H6.CH3.Cs/c16-9-2-3-10-8(7-9)1-4-11-13(10)21-15(18-11)19-14(20)12-5-6-17-12;1-2;;/h1-4,7,12,17H,5-6H2,(H,18,19,20);1-2H3;1H3;/q;;-1;+1. The molecule has 4 rings (SSSR count). The van der Waals surface area contributed by atoms with Crippen molar-refractivity contribution in [1.29, 1.82) is 0 Å². The van der Waals surface area contributed by atoms with Gasteiger partial charge in [-0.05, 0) is 42.6 Å².